The van der Waals surface area contributed by atoms with Gasteiger partial charge in [0.15, 0.2) is 0 Å². The molecule has 1 atom stereocenters. The van der Waals surface area contributed by atoms with E-state index in [1.165, 1.54) is 5.69 Å². The molecule has 20 heavy (non-hydrogen) atoms. The second kappa shape index (κ2) is 7.11. The maximum Gasteiger partial charge on any atom is 0.0782 e. The lowest BCUT2D eigenvalue weighted by Crippen LogP contribution is -2.20. The highest BCUT2D eigenvalue weighted by atomic mass is 16.3. The standard InChI is InChI=1S/C18H23NO/c1-3-4-14-19(16-10-6-5-7-11-16)18-13-9-8-12-17(18)15(2)20/h5-13,15,20H,3-4,14H2,1-2H3. The molecule has 0 aromatic heterocycles. The lowest BCUT2D eigenvalue weighted by Gasteiger charge is -2.28. The summed E-state index contributed by atoms with van der Waals surface area (Å²) in [5.74, 6) is 0. The van der Waals surface area contributed by atoms with Gasteiger partial charge >= 0.3 is 0 Å². The quantitative estimate of drug-likeness (QED) is 0.823. The number of aliphatic hydroxyl groups excluding tert-OH is 1. The molecule has 2 heteroatoms. The maximum atomic E-state index is 10.00. The third-order valence-corrected chi connectivity index (χ3v) is 3.48. The van der Waals surface area contributed by atoms with E-state index in [1.807, 2.05) is 31.2 Å². The predicted octanol–water partition coefficient (Wildman–Crippen LogP) is 4.68. The van der Waals surface area contributed by atoms with E-state index in [0.29, 0.717) is 0 Å². The van der Waals surface area contributed by atoms with E-state index in [1.54, 1.807) is 0 Å². The lowest BCUT2D eigenvalue weighted by atomic mass is 10.1. The Kier molecular flexibility index (Phi) is 5.19. The van der Waals surface area contributed by atoms with E-state index in [-0.39, 0.29) is 0 Å². The minimum absolute atomic E-state index is 0.459. The number of benzene rings is 2. The second-order valence-electron chi connectivity index (χ2n) is 5.08. The molecule has 2 aromatic rings. The monoisotopic (exact) mass is 269 g/mol. The highest BCUT2D eigenvalue weighted by Gasteiger charge is 2.14. The summed E-state index contributed by atoms with van der Waals surface area (Å²) in [6.45, 7) is 4.98. The van der Waals surface area contributed by atoms with Crippen LogP contribution in [0.2, 0.25) is 0 Å². The van der Waals surface area contributed by atoms with Crippen molar-refractivity contribution in [2.45, 2.75) is 32.8 Å². The summed E-state index contributed by atoms with van der Waals surface area (Å²) in [5, 5.41) is 10.00. The van der Waals surface area contributed by atoms with E-state index >= 15 is 0 Å². The van der Waals surface area contributed by atoms with Crippen LogP contribution in [0.4, 0.5) is 11.4 Å². The molecule has 0 amide bonds. The van der Waals surface area contributed by atoms with Crippen molar-refractivity contribution >= 4 is 11.4 Å². The first-order valence-electron chi connectivity index (χ1n) is 7.33. The molecular formula is C18H23NO. The fraction of sp³-hybridized carbons (Fsp3) is 0.333. The number of anilines is 2. The largest absolute Gasteiger partial charge is 0.389 e. The van der Waals surface area contributed by atoms with Crippen LogP contribution < -0.4 is 4.90 Å². The molecule has 106 valence electrons. The molecule has 0 spiro atoms. The van der Waals surface area contributed by atoms with Crippen LogP contribution in [0.5, 0.6) is 0 Å². The van der Waals surface area contributed by atoms with Gasteiger partial charge < -0.3 is 10.0 Å². The summed E-state index contributed by atoms with van der Waals surface area (Å²) in [5.41, 5.74) is 3.25. The summed E-state index contributed by atoms with van der Waals surface area (Å²) in [7, 11) is 0. The molecule has 2 nitrogen and oxygen atoms in total. The van der Waals surface area contributed by atoms with Crippen molar-refractivity contribution < 1.29 is 5.11 Å². The van der Waals surface area contributed by atoms with Crippen molar-refractivity contribution in [3.8, 4) is 0 Å². The van der Waals surface area contributed by atoms with Crippen LogP contribution in [0.1, 0.15) is 38.4 Å². The topological polar surface area (TPSA) is 23.5 Å². The molecule has 0 saturated heterocycles. The average Bonchev–Trinajstić information content (AvgIpc) is 2.49. The normalized spacial score (nSPS) is 12.2. The smallest absolute Gasteiger partial charge is 0.0782 e. The molecule has 2 aromatic carbocycles. The van der Waals surface area contributed by atoms with Crippen molar-refractivity contribution in [3.63, 3.8) is 0 Å². The van der Waals surface area contributed by atoms with Gasteiger partial charge in [0, 0.05) is 23.5 Å². The maximum absolute atomic E-state index is 10.00. The highest BCUT2D eigenvalue weighted by molar-refractivity contribution is 5.66. The van der Waals surface area contributed by atoms with E-state index in [0.717, 1.165) is 30.6 Å². The van der Waals surface area contributed by atoms with Crippen molar-refractivity contribution in [1.29, 1.82) is 0 Å². The Hall–Kier alpha value is -1.80. The van der Waals surface area contributed by atoms with E-state index in [9.17, 15) is 5.11 Å². The minimum atomic E-state index is -0.459. The molecule has 0 aliphatic heterocycles. The van der Waals surface area contributed by atoms with E-state index in [4.69, 9.17) is 0 Å². The molecule has 2 rings (SSSR count). The third-order valence-electron chi connectivity index (χ3n) is 3.48. The van der Waals surface area contributed by atoms with Gasteiger partial charge in [-0.3, -0.25) is 0 Å². The predicted molar refractivity (Wildman–Crippen MR) is 85.4 cm³/mol. The Balaban J connectivity index is 2.41. The molecule has 0 radical (unpaired) electrons. The van der Waals surface area contributed by atoms with Crippen molar-refractivity contribution in [2.24, 2.45) is 0 Å². The van der Waals surface area contributed by atoms with Crippen LogP contribution >= 0.6 is 0 Å². The van der Waals surface area contributed by atoms with Crippen molar-refractivity contribution in [2.75, 3.05) is 11.4 Å². The zero-order valence-electron chi connectivity index (χ0n) is 12.3. The van der Waals surface area contributed by atoms with Gasteiger partial charge in [-0.15, -0.1) is 0 Å². The van der Waals surface area contributed by atoms with Gasteiger partial charge in [-0.2, -0.15) is 0 Å². The van der Waals surface area contributed by atoms with Crippen molar-refractivity contribution in [1.82, 2.24) is 0 Å². The fourth-order valence-electron chi connectivity index (χ4n) is 2.40. The summed E-state index contributed by atoms with van der Waals surface area (Å²) >= 11 is 0. The molecule has 0 bridgehead atoms. The summed E-state index contributed by atoms with van der Waals surface area (Å²) in [4.78, 5) is 2.30. The molecule has 0 aliphatic carbocycles. The van der Waals surface area contributed by atoms with Crippen LogP contribution in [0.3, 0.4) is 0 Å². The summed E-state index contributed by atoms with van der Waals surface area (Å²) < 4.78 is 0. The average molecular weight is 269 g/mol. The third kappa shape index (κ3) is 3.40. The molecular weight excluding hydrogens is 246 g/mol. The molecule has 1 unspecified atom stereocenters. The number of para-hydroxylation sites is 2. The number of nitrogens with zero attached hydrogens (tertiary/aromatic N) is 1. The van der Waals surface area contributed by atoms with Gasteiger partial charge in [0.1, 0.15) is 0 Å². The number of rotatable bonds is 6. The van der Waals surface area contributed by atoms with Gasteiger partial charge in [0.2, 0.25) is 0 Å². The highest BCUT2D eigenvalue weighted by Crippen LogP contribution is 2.32. The van der Waals surface area contributed by atoms with Gasteiger partial charge in [-0.1, -0.05) is 49.7 Å². The zero-order chi connectivity index (χ0) is 14.4. The van der Waals surface area contributed by atoms with Crippen LogP contribution in [0.25, 0.3) is 0 Å². The first-order valence-corrected chi connectivity index (χ1v) is 7.33. The minimum Gasteiger partial charge on any atom is -0.389 e. The second-order valence-corrected chi connectivity index (χ2v) is 5.08. The van der Waals surface area contributed by atoms with Crippen molar-refractivity contribution in [3.05, 3.63) is 60.2 Å². The Bertz CT molecular complexity index is 522. The number of hydrogen-bond acceptors (Lipinski definition) is 2. The van der Waals surface area contributed by atoms with Crippen LogP contribution in [-0.4, -0.2) is 11.7 Å². The Morgan fingerprint density at radius 2 is 1.65 bits per heavy atom. The number of unbranched alkanes of at least 4 members (excludes halogenated alkanes) is 1. The van der Waals surface area contributed by atoms with Crippen LogP contribution in [-0.2, 0) is 0 Å². The zero-order valence-corrected chi connectivity index (χ0v) is 12.3. The summed E-state index contributed by atoms with van der Waals surface area (Å²) in [6.07, 6.45) is 1.82. The lowest BCUT2D eigenvalue weighted by molar-refractivity contribution is 0.199. The van der Waals surface area contributed by atoms with Crippen LogP contribution in [0.15, 0.2) is 54.6 Å². The first kappa shape index (κ1) is 14.6. The molecule has 0 aliphatic rings. The first-order chi connectivity index (χ1) is 9.74. The Morgan fingerprint density at radius 1 is 1.00 bits per heavy atom. The molecule has 0 heterocycles. The molecule has 0 saturated carbocycles. The Labute approximate surface area is 121 Å². The fourth-order valence-corrected chi connectivity index (χ4v) is 2.40. The van der Waals surface area contributed by atoms with Gasteiger partial charge in [-0.25, -0.2) is 0 Å². The summed E-state index contributed by atoms with van der Waals surface area (Å²) in [6, 6.07) is 18.5. The Morgan fingerprint density at radius 3 is 2.30 bits per heavy atom. The van der Waals surface area contributed by atoms with Gasteiger partial charge in [0.25, 0.3) is 0 Å². The van der Waals surface area contributed by atoms with Gasteiger partial charge in [0.05, 0.1) is 6.10 Å². The molecule has 1 N–H and O–H groups in total. The SMILES string of the molecule is CCCCN(c1ccccc1)c1ccccc1C(C)O. The van der Waals surface area contributed by atoms with Crippen LogP contribution in [0, 0.1) is 0 Å². The van der Waals surface area contributed by atoms with E-state index in [2.05, 4.69) is 42.2 Å². The molecule has 0 fully saturated rings. The van der Waals surface area contributed by atoms with Gasteiger partial charge in [-0.05, 0) is 31.5 Å². The van der Waals surface area contributed by atoms with E-state index < -0.39 is 6.10 Å². The number of hydrogen-bond donors (Lipinski definition) is 1. The number of aliphatic hydroxyl groups is 1.